The Morgan fingerprint density at radius 1 is 1.04 bits per heavy atom. The van der Waals surface area contributed by atoms with Crippen molar-refractivity contribution in [1.82, 2.24) is 4.72 Å². The molecule has 0 saturated heterocycles. The number of carbonyl (C=O) groups is 1. The van der Waals surface area contributed by atoms with Gasteiger partial charge in [0.25, 0.3) is 0 Å². The standard InChI is InChI=1S/C18H19ClN2O3S/c19-15-5-8-17(9-6-15)25(23,24)20-11-10-18(22)21-16-7-4-13-2-1-3-14(13)12-16/h4-9,12,20H,1-3,10-11H2,(H,21,22). The van der Waals surface area contributed by atoms with Crippen LogP contribution in [0.4, 0.5) is 5.69 Å². The first-order valence-electron chi connectivity index (χ1n) is 8.11. The van der Waals surface area contributed by atoms with Crippen molar-refractivity contribution in [3.8, 4) is 0 Å². The predicted octanol–water partition coefficient (Wildman–Crippen LogP) is 3.14. The molecule has 0 aromatic heterocycles. The van der Waals surface area contributed by atoms with Crippen LogP contribution in [0.5, 0.6) is 0 Å². The van der Waals surface area contributed by atoms with Crippen molar-refractivity contribution in [3.05, 3.63) is 58.6 Å². The molecule has 1 amide bonds. The highest BCUT2D eigenvalue weighted by atomic mass is 35.5. The van der Waals surface area contributed by atoms with Gasteiger partial charge >= 0.3 is 0 Å². The van der Waals surface area contributed by atoms with Crippen LogP contribution < -0.4 is 10.0 Å². The zero-order valence-corrected chi connectivity index (χ0v) is 15.2. The number of nitrogens with one attached hydrogen (secondary N) is 2. The summed E-state index contributed by atoms with van der Waals surface area (Å²) in [7, 11) is -3.64. The average molecular weight is 379 g/mol. The Balaban J connectivity index is 1.51. The average Bonchev–Trinajstić information content (AvgIpc) is 3.02. The molecule has 2 N–H and O–H groups in total. The van der Waals surface area contributed by atoms with E-state index in [-0.39, 0.29) is 23.8 Å². The molecule has 1 aliphatic rings. The van der Waals surface area contributed by atoms with Gasteiger partial charge in [-0.3, -0.25) is 4.79 Å². The first-order valence-corrected chi connectivity index (χ1v) is 9.97. The highest BCUT2D eigenvalue weighted by Gasteiger charge is 2.15. The van der Waals surface area contributed by atoms with Crippen molar-refractivity contribution >= 4 is 33.2 Å². The lowest BCUT2D eigenvalue weighted by Gasteiger charge is -2.09. The van der Waals surface area contributed by atoms with E-state index in [1.807, 2.05) is 18.2 Å². The molecule has 0 bridgehead atoms. The number of fused-ring (bicyclic) bond motifs is 1. The van der Waals surface area contributed by atoms with Crippen LogP contribution in [0.3, 0.4) is 0 Å². The lowest BCUT2D eigenvalue weighted by molar-refractivity contribution is -0.116. The first-order chi connectivity index (χ1) is 11.9. The second-order valence-corrected chi connectivity index (χ2v) is 8.19. The third-order valence-corrected chi connectivity index (χ3v) is 5.88. The summed E-state index contributed by atoms with van der Waals surface area (Å²) in [5, 5.41) is 3.28. The molecule has 0 atom stereocenters. The Morgan fingerprint density at radius 2 is 1.76 bits per heavy atom. The maximum atomic E-state index is 12.1. The van der Waals surface area contributed by atoms with Gasteiger partial charge in [-0.05, 0) is 66.8 Å². The molecule has 7 heteroatoms. The van der Waals surface area contributed by atoms with Gasteiger partial charge in [0.1, 0.15) is 0 Å². The topological polar surface area (TPSA) is 75.3 Å². The van der Waals surface area contributed by atoms with Crippen LogP contribution in [0, 0.1) is 0 Å². The Bertz CT molecular complexity index is 880. The van der Waals surface area contributed by atoms with E-state index < -0.39 is 10.0 Å². The van der Waals surface area contributed by atoms with Gasteiger partial charge < -0.3 is 5.32 Å². The number of amides is 1. The monoisotopic (exact) mass is 378 g/mol. The molecule has 0 spiro atoms. The summed E-state index contributed by atoms with van der Waals surface area (Å²) < 4.78 is 26.7. The van der Waals surface area contributed by atoms with Crippen LogP contribution in [0.25, 0.3) is 0 Å². The molecule has 5 nitrogen and oxygen atoms in total. The van der Waals surface area contributed by atoms with Crippen LogP contribution in [-0.4, -0.2) is 20.9 Å². The normalized spacial score (nSPS) is 13.5. The van der Waals surface area contributed by atoms with Gasteiger partial charge in [-0.2, -0.15) is 0 Å². The van der Waals surface area contributed by atoms with Crippen molar-refractivity contribution in [2.24, 2.45) is 0 Å². The summed E-state index contributed by atoms with van der Waals surface area (Å²) in [4.78, 5) is 12.1. The molecule has 0 unspecified atom stereocenters. The van der Waals surface area contributed by atoms with E-state index in [9.17, 15) is 13.2 Å². The fourth-order valence-corrected chi connectivity index (χ4v) is 4.03. The molecule has 0 aliphatic heterocycles. The number of halogens is 1. The zero-order valence-electron chi connectivity index (χ0n) is 13.6. The van der Waals surface area contributed by atoms with E-state index in [0.717, 1.165) is 24.9 Å². The fraction of sp³-hybridized carbons (Fsp3) is 0.278. The van der Waals surface area contributed by atoms with Crippen LogP contribution in [0.15, 0.2) is 47.4 Å². The molecule has 2 aromatic carbocycles. The van der Waals surface area contributed by atoms with Crippen molar-refractivity contribution in [3.63, 3.8) is 0 Å². The van der Waals surface area contributed by atoms with Crippen molar-refractivity contribution in [1.29, 1.82) is 0 Å². The second kappa shape index (κ2) is 7.56. The van der Waals surface area contributed by atoms with Gasteiger partial charge in [0.2, 0.25) is 15.9 Å². The maximum Gasteiger partial charge on any atom is 0.240 e. The number of carbonyl (C=O) groups excluding carboxylic acids is 1. The summed E-state index contributed by atoms with van der Waals surface area (Å²) in [6.45, 7) is 0.0295. The third kappa shape index (κ3) is 4.60. The number of hydrogen-bond donors (Lipinski definition) is 2. The predicted molar refractivity (Wildman–Crippen MR) is 98.4 cm³/mol. The van der Waals surface area contributed by atoms with E-state index in [0.29, 0.717) is 5.02 Å². The molecule has 25 heavy (non-hydrogen) atoms. The van der Waals surface area contributed by atoms with E-state index in [4.69, 9.17) is 11.6 Å². The number of sulfonamides is 1. The van der Waals surface area contributed by atoms with Crippen LogP contribution in [-0.2, 0) is 27.7 Å². The molecule has 132 valence electrons. The Hall–Kier alpha value is -1.89. The van der Waals surface area contributed by atoms with Gasteiger partial charge in [-0.25, -0.2) is 13.1 Å². The van der Waals surface area contributed by atoms with Crippen molar-refractivity contribution in [2.75, 3.05) is 11.9 Å². The number of benzene rings is 2. The van der Waals surface area contributed by atoms with E-state index in [1.54, 1.807) is 0 Å². The highest BCUT2D eigenvalue weighted by molar-refractivity contribution is 7.89. The number of anilines is 1. The molecular weight excluding hydrogens is 360 g/mol. The molecule has 1 aliphatic carbocycles. The molecule has 3 rings (SSSR count). The SMILES string of the molecule is O=C(CCNS(=O)(=O)c1ccc(Cl)cc1)Nc1ccc2c(c1)CCC2. The van der Waals surface area contributed by atoms with Gasteiger partial charge in [0.05, 0.1) is 4.90 Å². The van der Waals surface area contributed by atoms with Crippen LogP contribution >= 0.6 is 11.6 Å². The summed E-state index contributed by atoms with van der Waals surface area (Å²) >= 11 is 5.75. The quantitative estimate of drug-likeness (QED) is 0.810. The van der Waals surface area contributed by atoms with E-state index in [2.05, 4.69) is 10.0 Å². The minimum atomic E-state index is -3.64. The molecular formula is C18H19ClN2O3S. The summed E-state index contributed by atoms with van der Waals surface area (Å²) in [6, 6.07) is 11.8. The maximum absolute atomic E-state index is 12.1. The smallest absolute Gasteiger partial charge is 0.240 e. The molecule has 2 aromatic rings. The lowest BCUT2D eigenvalue weighted by Crippen LogP contribution is -2.27. The fourth-order valence-electron chi connectivity index (χ4n) is 2.87. The zero-order chi connectivity index (χ0) is 17.9. The number of rotatable bonds is 6. The Kier molecular flexibility index (Phi) is 5.42. The molecule has 0 saturated carbocycles. The van der Waals surface area contributed by atoms with E-state index >= 15 is 0 Å². The summed E-state index contributed by atoms with van der Waals surface area (Å²) in [6.07, 6.45) is 3.35. The van der Waals surface area contributed by atoms with Gasteiger partial charge in [0.15, 0.2) is 0 Å². The second-order valence-electron chi connectivity index (χ2n) is 5.99. The number of hydrogen-bond acceptors (Lipinski definition) is 3. The highest BCUT2D eigenvalue weighted by Crippen LogP contribution is 2.24. The van der Waals surface area contributed by atoms with Crippen LogP contribution in [0.1, 0.15) is 24.0 Å². The minimum Gasteiger partial charge on any atom is -0.326 e. The van der Waals surface area contributed by atoms with Gasteiger partial charge in [-0.15, -0.1) is 0 Å². The summed E-state index contributed by atoms with van der Waals surface area (Å²) in [5.41, 5.74) is 3.38. The van der Waals surface area contributed by atoms with Gasteiger partial charge in [-0.1, -0.05) is 17.7 Å². The van der Waals surface area contributed by atoms with Crippen molar-refractivity contribution < 1.29 is 13.2 Å². The first kappa shape index (κ1) is 17.9. The molecule has 0 radical (unpaired) electrons. The number of aryl methyl sites for hydroxylation is 2. The van der Waals surface area contributed by atoms with Crippen LogP contribution in [0.2, 0.25) is 5.02 Å². The summed E-state index contributed by atoms with van der Waals surface area (Å²) in [5.74, 6) is -0.225. The van der Waals surface area contributed by atoms with Gasteiger partial charge in [0, 0.05) is 23.7 Å². The lowest BCUT2D eigenvalue weighted by atomic mass is 10.1. The minimum absolute atomic E-state index is 0.0295. The molecule has 0 fully saturated rings. The van der Waals surface area contributed by atoms with E-state index in [1.165, 1.54) is 35.4 Å². The Morgan fingerprint density at radius 3 is 2.52 bits per heavy atom. The largest absolute Gasteiger partial charge is 0.326 e. The third-order valence-electron chi connectivity index (χ3n) is 4.15. The molecule has 0 heterocycles. The van der Waals surface area contributed by atoms with Crippen molar-refractivity contribution in [2.45, 2.75) is 30.6 Å². The Labute approximate surface area is 152 Å².